The molecule has 0 aliphatic carbocycles. The molecule has 112 valence electrons. The van der Waals surface area contributed by atoms with E-state index >= 15 is 0 Å². The third-order valence-corrected chi connectivity index (χ3v) is 3.19. The quantitative estimate of drug-likeness (QED) is 0.829. The molecule has 0 aromatic heterocycles. The van der Waals surface area contributed by atoms with E-state index in [-0.39, 0.29) is 17.0 Å². The molecule has 1 aromatic carbocycles. The van der Waals surface area contributed by atoms with Crippen molar-refractivity contribution in [3.8, 4) is 0 Å². The summed E-state index contributed by atoms with van der Waals surface area (Å²) in [5, 5.41) is 5.95. The second kappa shape index (κ2) is 5.86. The Balaban J connectivity index is 2.65. The highest BCUT2D eigenvalue weighted by Crippen LogP contribution is 2.26. The van der Waals surface area contributed by atoms with Gasteiger partial charge in [0.2, 0.25) is 0 Å². The maximum Gasteiger partial charge on any atom is 0.319 e. The van der Waals surface area contributed by atoms with E-state index in [9.17, 15) is 4.79 Å². The predicted molar refractivity (Wildman–Crippen MR) is 86.2 cm³/mol. The Bertz CT molecular complexity index is 484. The molecule has 0 aliphatic rings. The van der Waals surface area contributed by atoms with E-state index in [2.05, 4.69) is 52.2 Å². The highest BCUT2D eigenvalue weighted by Gasteiger charge is 2.26. The molecule has 0 saturated carbocycles. The molecular formula is C17H28N2O. The number of hydrogen-bond acceptors (Lipinski definition) is 1. The van der Waals surface area contributed by atoms with Gasteiger partial charge in [-0.25, -0.2) is 4.79 Å². The maximum atomic E-state index is 12.1. The number of urea groups is 1. The zero-order chi connectivity index (χ0) is 15.6. The van der Waals surface area contributed by atoms with Gasteiger partial charge in [-0.1, -0.05) is 26.8 Å². The van der Waals surface area contributed by atoms with Crippen LogP contribution in [0, 0.1) is 19.3 Å². The van der Waals surface area contributed by atoms with Crippen LogP contribution < -0.4 is 10.6 Å². The van der Waals surface area contributed by atoms with Gasteiger partial charge in [-0.3, -0.25) is 0 Å². The van der Waals surface area contributed by atoms with Crippen LogP contribution in [0.3, 0.4) is 0 Å². The fourth-order valence-electron chi connectivity index (χ4n) is 2.66. The zero-order valence-corrected chi connectivity index (χ0v) is 13.8. The average Bonchev–Trinajstić information content (AvgIpc) is 2.18. The van der Waals surface area contributed by atoms with Gasteiger partial charge in [0.15, 0.2) is 0 Å². The number of hydrogen-bond donors (Lipinski definition) is 2. The molecule has 0 fully saturated rings. The minimum absolute atomic E-state index is 0.150. The van der Waals surface area contributed by atoms with Gasteiger partial charge in [0.1, 0.15) is 0 Å². The van der Waals surface area contributed by atoms with Crippen molar-refractivity contribution < 1.29 is 4.79 Å². The summed E-state index contributed by atoms with van der Waals surface area (Å²) in [6.45, 7) is 14.7. The Morgan fingerprint density at radius 3 is 2.15 bits per heavy atom. The molecule has 1 rings (SSSR count). The summed E-state index contributed by atoms with van der Waals surface area (Å²) in [6, 6.07) is 5.79. The molecule has 0 atom stereocenters. The number of amides is 2. The summed E-state index contributed by atoms with van der Waals surface area (Å²) in [7, 11) is 0. The van der Waals surface area contributed by atoms with E-state index in [1.54, 1.807) is 0 Å². The first-order chi connectivity index (χ1) is 8.98. The number of anilines is 1. The molecule has 0 unspecified atom stereocenters. The number of rotatable bonds is 3. The van der Waals surface area contributed by atoms with Gasteiger partial charge >= 0.3 is 6.03 Å². The van der Waals surface area contributed by atoms with Crippen molar-refractivity contribution in [2.75, 3.05) is 5.32 Å². The van der Waals surface area contributed by atoms with Crippen LogP contribution in [0.1, 0.15) is 52.2 Å². The Morgan fingerprint density at radius 2 is 1.65 bits per heavy atom. The Hall–Kier alpha value is -1.51. The molecule has 0 spiro atoms. The number of carbonyl (C=O) groups is 1. The summed E-state index contributed by atoms with van der Waals surface area (Å²) in [5.74, 6) is 0. The standard InChI is InChI=1S/C17H28N2O/c1-12-8-9-14(10-13(12)2)18-15(20)19-17(6,7)11-16(3,4)5/h8-10H,11H2,1-7H3,(H2,18,19,20). The van der Waals surface area contributed by atoms with Crippen molar-refractivity contribution in [2.24, 2.45) is 5.41 Å². The first-order valence-electron chi connectivity index (χ1n) is 7.15. The van der Waals surface area contributed by atoms with Gasteiger partial charge in [0.25, 0.3) is 0 Å². The van der Waals surface area contributed by atoms with Crippen LogP contribution >= 0.6 is 0 Å². The molecule has 0 aliphatic heterocycles. The number of nitrogens with one attached hydrogen (secondary N) is 2. The normalized spacial score (nSPS) is 12.2. The maximum absolute atomic E-state index is 12.1. The fraction of sp³-hybridized carbons (Fsp3) is 0.588. The van der Waals surface area contributed by atoms with Crippen molar-refractivity contribution in [3.05, 3.63) is 29.3 Å². The van der Waals surface area contributed by atoms with E-state index in [1.165, 1.54) is 11.1 Å². The number of benzene rings is 1. The molecule has 3 heteroatoms. The number of aryl methyl sites for hydroxylation is 2. The van der Waals surface area contributed by atoms with E-state index in [4.69, 9.17) is 0 Å². The van der Waals surface area contributed by atoms with Crippen LogP contribution in [0.25, 0.3) is 0 Å². The van der Waals surface area contributed by atoms with Gasteiger partial charge in [0, 0.05) is 11.2 Å². The van der Waals surface area contributed by atoms with Crippen molar-refractivity contribution in [2.45, 2.75) is 60.4 Å². The highest BCUT2D eigenvalue weighted by atomic mass is 16.2. The van der Waals surface area contributed by atoms with E-state index in [0.29, 0.717) is 0 Å². The SMILES string of the molecule is Cc1ccc(NC(=O)NC(C)(C)CC(C)(C)C)cc1C. The summed E-state index contributed by atoms with van der Waals surface area (Å²) >= 11 is 0. The van der Waals surface area contributed by atoms with Crippen LogP contribution in [-0.2, 0) is 0 Å². The Morgan fingerprint density at radius 1 is 1.05 bits per heavy atom. The fourth-order valence-corrected chi connectivity index (χ4v) is 2.66. The molecule has 1 aromatic rings. The molecule has 0 radical (unpaired) electrons. The average molecular weight is 276 g/mol. The summed E-state index contributed by atoms with van der Waals surface area (Å²) < 4.78 is 0. The minimum Gasteiger partial charge on any atom is -0.333 e. The van der Waals surface area contributed by atoms with E-state index < -0.39 is 0 Å². The Kier molecular flexibility index (Phi) is 4.85. The van der Waals surface area contributed by atoms with Crippen LogP contribution in [0.15, 0.2) is 18.2 Å². The van der Waals surface area contributed by atoms with Crippen LogP contribution in [0.2, 0.25) is 0 Å². The van der Waals surface area contributed by atoms with Crippen LogP contribution in [0.5, 0.6) is 0 Å². The van der Waals surface area contributed by atoms with Gasteiger partial charge in [0.05, 0.1) is 0 Å². The zero-order valence-electron chi connectivity index (χ0n) is 13.8. The molecule has 3 nitrogen and oxygen atoms in total. The molecule has 0 saturated heterocycles. The Labute approximate surface area is 123 Å². The third kappa shape index (κ3) is 5.64. The first kappa shape index (κ1) is 16.5. The molecule has 0 heterocycles. The van der Waals surface area contributed by atoms with Crippen molar-refractivity contribution in [1.82, 2.24) is 5.32 Å². The first-order valence-corrected chi connectivity index (χ1v) is 7.15. The minimum atomic E-state index is -0.234. The van der Waals surface area contributed by atoms with Gasteiger partial charge in [-0.2, -0.15) is 0 Å². The monoisotopic (exact) mass is 276 g/mol. The largest absolute Gasteiger partial charge is 0.333 e. The van der Waals surface area contributed by atoms with Gasteiger partial charge in [-0.05, 0) is 62.8 Å². The summed E-state index contributed by atoms with van der Waals surface area (Å²) in [5.41, 5.74) is 3.18. The van der Waals surface area contributed by atoms with Gasteiger partial charge in [-0.15, -0.1) is 0 Å². The van der Waals surface area contributed by atoms with Crippen molar-refractivity contribution in [1.29, 1.82) is 0 Å². The summed E-state index contributed by atoms with van der Waals surface area (Å²) in [6.07, 6.45) is 0.917. The predicted octanol–water partition coefficient (Wildman–Crippen LogP) is 4.64. The topological polar surface area (TPSA) is 41.1 Å². The molecule has 2 N–H and O–H groups in total. The third-order valence-electron chi connectivity index (χ3n) is 3.19. The molecular weight excluding hydrogens is 248 g/mol. The smallest absolute Gasteiger partial charge is 0.319 e. The number of carbonyl (C=O) groups excluding carboxylic acids is 1. The lowest BCUT2D eigenvalue weighted by Gasteiger charge is -2.33. The van der Waals surface area contributed by atoms with E-state index in [1.807, 2.05) is 25.1 Å². The van der Waals surface area contributed by atoms with Crippen LogP contribution in [-0.4, -0.2) is 11.6 Å². The van der Waals surface area contributed by atoms with Gasteiger partial charge < -0.3 is 10.6 Å². The van der Waals surface area contributed by atoms with Crippen LogP contribution in [0.4, 0.5) is 10.5 Å². The lowest BCUT2D eigenvalue weighted by atomic mass is 9.82. The highest BCUT2D eigenvalue weighted by molar-refractivity contribution is 5.89. The lowest BCUT2D eigenvalue weighted by Crippen LogP contribution is -2.47. The van der Waals surface area contributed by atoms with E-state index in [0.717, 1.165) is 12.1 Å². The molecule has 20 heavy (non-hydrogen) atoms. The molecule has 0 bridgehead atoms. The second-order valence-electron chi connectivity index (χ2n) is 7.50. The van der Waals surface area contributed by atoms with Crippen molar-refractivity contribution >= 4 is 11.7 Å². The molecule has 2 amide bonds. The summed E-state index contributed by atoms with van der Waals surface area (Å²) in [4.78, 5) is 12.1. The van der Waals surface area contributed by atoms with Crippen molar-refractivity contribution in [3.63, 3.8) is 0 Å². The second-order valence-corrected chi connectivity index (χ2v) is 7.50. The lowest BCUT2D eigenvalue weighted by molar-refractivity contribution is 0.220.